The first-order chi connectivity index (χ1) is 13.3. The van der Waals surface area contributed by atoms with Gasteiger partial charge in [0, 0.05) is 6.20 Å². The minimum Gasteiger partial charge on any atom is -0.286 e. The summed E-state index contributed by atoms with van der Waals surface area (Å²) in [6.45, 7) is -0.198. The normalized spacial score (nSPS) is 24.6. The zero-order valence-electron chi connectivity index (χ0n) is 15.0. The van der Waals surface area contributed by atoms with Gasteiger partial charge in [-0.15, -0.1) is 0 Å². The number of alkyl halides is 3. The van der Waals surface area contributed by atoms with Crippen molar-refractivity contribution in [1.82, 2.24) is 20.5 Å². The fraction of sp³-hybridized carbons (Fsp3) is 0.647. The van der Waals surface area contributed by atoms with Crippen molar-refractivity contribution in [2.24, 2.45) is 23.7 Å². The van der Waals surface area contributed by atoms with Gasteiger partial charge >= 0.3 is 6.18 Å². The molecule has 154 valence electrons. The molecular formula is C17H22F3N5O3. The molecule has 2 fully saturated rings. The van der Waals surface area contributed by atoms with Crippen LogP contribution in [-0.4, -0.2) is 39.1 Å². The Labute approximate surface area is 159 Å². The van der Waals surface area contributed by atoms with Crippen molar-refractivity contribution in [1.29, 1.82) is 0 Å². The molecule has 1 heterocycles. The number of anilines is 1. The number of nitrogens with zero attached hydrogens (tertiary/aromatic N) is 3. The molecule has 1 aromatic heterocycles. The van der Waals surface area contributed by atoms with Crippen LogP contribution < -0.4 is 10.9 Å². The van der Waals surface area contributed by atoms with Gasteiger partial charge in [0.15, 0.2) is 0 Å². The predicted octanol–water partition coefficient (Wildman–Crippen LogP) is 2.23. The number of amides is 2. The Bertz CT molecular complexity index is 698. The molecule has 0 spiro atoms. The Morgan fingerprint density at radius 2 is 1.96 bits per heavy atom. The molecule has 8 nitrogen and oxygen atoms in total. The van der Waals surface area contributed by atoms with Crippen LogP contribution in [0.4, 0.5) is 19.1 Å². The van der Waals surface area contributed by atoms with Gasteiger partial charge in [0.1, 0.15) is 5.69 Å². The number of hydrazine groups is 1. The summed E-state index contributed by atoms with van der Waals surface area (Å²) < 4.78 is 38.1. The third-order valence-electron chi connectivity index (χ3n) is 5.73. The van der Waals surface area contributed by atoms with Crippen LogP contribution in [0, 0.1) is 23.7 Å². The van der Waals surface area contributed by atoms with Crippen LogP contribution in [-0.2, 0) is 15.8 Å². The number of hydrogen-bond donors (Lipinski definition) is 3. The van der Waals surface area contributed by atoms with Crippen LogP contribution in [0.5, 0.6) is 0 Å². The summed E-state index contributed by atoms with van der Waals surface area (Å²) in [6, 6.07) is 0.722. The number of nitrogens with one attached hydrogen (secondary N) is 2. The van der Waals surface area contributed by atoms with E-state index < -0.39 is 29.6 Å². The zero-order chi connectivity index (χ0) is 20.3. The van der Waals surface area contributed by atoms with E-state index in [4.69, 9.17) is 0 Å². The third kappa shape index (κ3) is 4.70. The molecule has 0 saturated heterocycles. The Hall–Kier alpha value is -2.43. The van der Waals surface area contributed by atoms with Gasteiger partial charge in [0.25, 0.3) is 0 Å². The van der Waals surface area contributed by atoms with Crippen molar-refractivity contribution in [3.63, 3.8) is 0 Å². The van der Waals surface area contributed by atoms with Crippen LogP contribution in [0.2, 0.25) is 0 Å². The highest BCUT2D eigenvalue weighted by Gasteiger charge is 2.43. The van der Waals surface area contributed by atoms with Gasteiger partial charge in [-0.3, -0.25) is 25.6 Å². The number of halogens is 3. The summed E-state index contributed by atoms with van der Waals surface area (Å²) in [7, 11) is 0. The van der Waals surface area contributed by atoms with Crippen molar-refractivity contribution in [3.8, 4) is 0 Å². The maximum Gasteiger partial charge on any atom is 0.433 e. The molecule has 2 amide bonds. The molecular weight excluding hydrogens is 379 g/mol. The maximum atomic E-state index is 12.7. The second kappa shape index (κ2) is 8.29. The molecule has 0 unspecified atom stereocenters. The molecule has 3 N–H and O–H groups in total. The van der Waals surface area contributed by atoms with E-state index in [0.29, 0.717) is 29.2 Å². The van der Waals surface area contributed by atoms with Crippen molar-refractivity contribution < 1.29 is 28.0 Å². The molecule has 1 aromatic rings. The lowest BCUT2D eigenvalue weighted by molar-refractivity contribution is -0.155. The lowest BCUT2D eigenvalue weighted by Crippen LogP contribution is -2.41. The zero-order valence-corrected chi connectivity index (χ0v) is 15.0. The highest BCUT2D eigenvalue weighted by molar-refractivity contribution is 5.80. The van der Waals surface area contributed by atoms with Crippen molar-refractivity contribution in [2.75, 3.05) is 12.0 Å². The highest BCUT2D eigenvalue weighted by atomic mass is 19.4. The second-order valence-electron chi connectivity index (χ2n) is 7.38. The van der Waals surface area contributed by atoms with Crippen molar-refractivity contribution in [2.45, 2.75) is 38.3 Å². The van der Waals surface area contributed by atoms with Crippen molar-refractivity contribution in [3.05, 3.63) is 18.0 Å². The molecule has 3 rings (SSSR count). The molecule has 28 heavy (non-hydrogen) atoms. The maximum absolute atomic E-state index is 12.7. The van der Waals surface area contributed by atoms with E-state index in [2.05, 4.69) is 20.8 Å². The number of fused-ring (bicyclic) bond motifs is 2. The van der Waals surface area contributed by atoms with E-state index in [1.807, 2.05) is 0 Å². The predicted molar refractivity (Wildman–Crippen MR) is 90.4 cm³/mol. The van der Waals surface area contributed by atoms with Gasteiger partial charge in [-0.2, -0.15) is 13.2 Å². The molecule has 2 aliphatic rings. The monoisotopic (exact) mass is 401 g/mol. The average molecular weight is 401 g/mol. The van der Waals surface area contributed by atoms with Gasteiger partial charge in [-0.05, 0) is 55.9 Å². The van der Waals surface area contributed by atoms with Gasteiger partial charge in [-0.1, -0.05) is 0 Å². The molecule has 2 saturated carbocycles. The van der Waals surface area contributed by atoms with E-state index in [-0.39, 0.29) is 13.0 Å². The summed E-state index contributed by atoms with van der Waals surface area (Å²) in [5.41, 5.74) is 3.44. The first kappa shape index (κ1) is 20.3. The number of hydroxylamine groups is 2. The lowest BCUT2D eigenvalue weighted by Gasteiger charge is -2.24. The summed E-state index contributed by atoms with van der Waals surface area (Å²) >= 11 is 0. The second-order valence-corrected chi connectivity index (χ2v) is 7.38. The lowest BCUT2D eigenvalue weighted by atomic mass is 9.86. The number of aromatic nitrogens is 2. The molecule has 2 bridgehead atoms. The third-order valence-corrected chi connectivity index (χ3v) is 5.73. The number of hydrogen-bond acceptors (Lipinski definition) is 6. The highest BCUT2D eigenvalue weighted by Crippen LogP contribution is 2.51. The van der Waals surface area contributed by atoms with Gasteiger partial charge in [0.2, 0.25) is 18.3 Å². The summed E-state index contributed by atoms with van der Waals surface area (Å²) in [5, 5.41) is 9.93. The van der Waals surface area contributed by atoms with Crippen molar-refractivity contribution >= 4 is 18.3 Å². The molecule has 2 aliphatic carbocycles. The fourth-order valence-corrected chi connectivity index (χ4v) is 4.43. The SMILES string of the molecule is O=CN(O)C[C@H](CC1C2CCC1CC2)C(=O)NNc1nccc(C(F)(F)F)n1. The van der Waals surface area contributed by atoms with Crippen LogP contribution in [0.3, 0.4) is 0 Å². The van der Waals surface area contributed by atoms with Crippen LogP contribution in [0.25, 0.3) is 0 Å². The first-order valence-electron chi connectivity index (χ1n) is 9.15. The smallest absolute Gasteiger partial charge is 0.286 e. The topological polar surface area (TPSA) is 107 Å². The standard InChI is InChI=1S/C17H22F3N5O3/c18-17(19,20)14-5-6-21-16(22-14)24-23-15(27)12(8-25(28)9-26)7-13-10-1-2-11(13)4-3-10/h5-6,9-13,28H,1-4,7-8H2,(H,23,27)(H,21,22,24)/t10?,11?,12-,13?/m0/s1. The molecule has 0 aromatic carbocycles. The average Bonchev–Trinajstić information content (AvgIpc) is 3.24. The van der Waals surface area contributed by atoms with Gasteiger partial charge in [-0.25, -0.2) is 15.0 Å². The summed E-state index contributed by atoms with van der Waals surface area (Å²) in [6.07, 6.45) is 1.50. The molecule has 0 aliphatic heterocycles. The van der Waals surface area contributed by atoms with Gasteiger partial charge < -0.3 is 0 Å². The van der Waals surface area contributed by atoms with E-state index in [1.165, 1.54) is 0 Å². The Morgan fingerprint density at radius 1 is 1.32 bits per heavy atom. The van der Waals surface area contributed by atoms with E-state index in [1.54, 1.807) is 0 Å². The van der Waals surface area contributed by atoms with Crippen LogP contribution in [0.15, 0.2) is 12.3 Å². The number of carbonyl (C=O) groups excluding carboxylic acids is 2. The van der Waals surface area contributed by atoms with E-state index in [0.717, 1.165) is 37.9 Å². The Morgan fingerprint density at radius 3 is 2.54 bits per heavy atom. The summed E-state index contributed by atoms with van der Waals surface area (Å²) in [5.74, 6) is -0.223. The quantitative estimate of drug-likeness (QED) is 0.350. The van der Waals surface area contributed by atoms with Crippen LogP contribution in [0.1, 0.15) is 37.8 Å². The largest absolute Gasteiger partial charge is 0.433 e. The molecule has 11 heteroatoms. The first-order valence-corrected chi connectivity index (χ1v) is 9.15. The van der Waals surface area contributed by atoms with Gasteiger partial charge in [0.05, 0.1) is 12.5 Å². The molecule has 0 radical (unpaired) electrons. The Kier molecular flexibility index (Phi) is 6.01. The number of rotatable bonds is 8. The Balaban J connectivity index is 1.63. The molecule has 1 atom stereocenters. The van der Waals surface area contributed by atoms with E-state index in [9.17, 15) is 28.0 Å². The number of carbonyl (C=O) groups is 2. The summed E-state index contributed by atoms with van der Waals surface area (Å²) in [4.78, 5) is 30.3. The van der Waals surface area contributed by atoms with Crippen LogP contribution >= 0.6 is 0 Å². The minimum absolute atomic E-state index is 0.198. The fourth-order valence-electron chi connectivity index (χ4n) is 4.43. The minimum atomic E-state index is -4.63. The van der Waals surface area contributed by atoms with E-state index >= 15 is 0 Å².